The van der Waals surface area contributed by atoms with Crippen molar-refractivity contribution in [1.29, 1.82) is 0 Å². The molecule has 7 heteroatoms. The molecule has 1 aliphatic heterocycles. The smallest absolute Gasteiger partial charge is 0.252 e. The number of ether oxygens (including phenoxy) is 2. The van der Waals surface area contributed by atoms with E-state index in [9.17, 15) is 9.59 Å². The molecular formula is C26H35N3O4. The van der Waals surface area contributed by atoms with Gasteiger partial charge in [-0.2, -0.15) is 0 Å². The van der Waals surface area contributed by atoms with Gasteiger partial charge in [-0.15, -0.1) is 0 Å². The Labute approximate surface area is 196 Å². The Hall–Kier alpha value is -2.90. The summed E-state index contributed by atoms with van der Waals surface area (Å²) in [5, 5.41) is 6.38. The summed E-state index contributed by atoms with van der Waals surface area (Å²) in [4.78, 5) is 27.3. The Balaban J connectivity index is 1.70. The number of anilines is 1. The largest absolute Gasteiger partial charge is 0.492 e. The molecule has 0 atom stereocenters. The predicted molar refractivity (Wildman–Crippen MR) is 130 cm³/mol. The minimum absolute atomic E-state index is 0.0382. The van der Waals surface area contributed by atoms with E-state index in [1.165, 1.54) is 20.0 Å². The Kier molecular flexibility index (Phi) is 10.2. The summed E-state index contributed by atoms with van der Waals surface area (Å²) in [6.07, 6.45) is 5.53. The fourth-order valence-electron chi connectivity index (χ4n) is 3.94. The summed E-state index contributed by atoms with van der Waals surface area (Å²) >= 11 is 0. The molecule has 0 saturated carbocycles. The van der Waals surface area contributed by atoms with Crippen molar-refractivity contribution >= 4 is 17.5 Å². The van der Waals surface area contributed by atoms with E-state index in [-0.39, 0.29) is 18.4 Å². The highest BCUT2D eigenvalue weighted by Crippen LogP contribution is 2.24. The lowest BCUT2D eigenvalue weighted by atomic mass is 10.0. The van der Waals surface area contributed by atoms with Gasteiger partial charge < -0.3 is 25.0 Å². The quantitative estimate of drug-likeness (QED) is 0.627. The highest BCUT2D eigenvalue weighted by Gasteiger charge is 2.20. The van der Waals surface area contributed by atoms with E-state index >= 15 is 0 Å². The van der Waals surface area contributed by atoms with E-state index in [0.717, 1.165) is 42.8 Å². The molecule has 0 saturated heterocycles. The number of amides is 2. The maximum Gasteiger partial charge on any atom is 0.252 e. The lowest BCUT2D eigenvalue weighted by Crippen LogP contribution is -2.36. The molecule has 0 fully saturated rings. The van der Waals surface area contributed by atoms with Crippen LogP contribution in [0.25, 0.3) is 0 Å². The number of carbonyl (C=O) groups is 2. The van der Waals surface area contributed by atoms with Crippen LogP contribution in [0.3, 0.4) is 0 Å². The van der Waals surface area contributed by atoms with Gasteiger partial charge in [-0.1, -0.05) is 37.5 Å². The number of nitrogens with zero attached hydrogens (tertiary/aromatic N) is 1. The second-order valence-corrected chi connectivity index (χ2v) is 8.18. The van der Waals surface area contributed by atoms with Crippen LogP contribution in [0, 0.1) is 0 Å². The van der Waals surface area contributed by atoms with Gasteiger partial charge in [0.15, 0.2) is 0 Å². The first-order chi connectivity index (χ1) is 16.2. The summed E-state index contributed by atoms with van der Waals surface area (Å²) in [7, 11) is 1.53. The predicted octanol–water partition coefficient (Wildman–Crippen LogP) is 3.53. The summed E-state index contributed by atoms with van der Waals surface area (Å²) in [6.45, 7) is 3.00. The summed E-state index contributed by atoms with van der Waals surface area (Å²) in [6, 6.07) is 15.1. The number of hydrogen-bond donors (Lipinski definition) is 2. The second kappa shape index (κ2) is 13.6. The van der Waals surface area contributed by atoms with Crippen LogP contribution in [0.2, 0.25) is 0 Å². The minimum atomic E-state index is -0.157. The van der Waals surface area contributed by atoms with Gasteiger partial charge in [-0.25, -0.2) is 0 Å². The van der Waals surface area contributed by atoms with Crippen molar-refractivity contribution in [3.05, 3.63) is 59.7 Å². The zero-order chi connectivity index (χ0) is 23.3. The Bertz CT molecular complexity index is 888. The summed E-state index contributed by atoms with van der Waals surface area (Å²) in [5.41, 5.74) is 2.35. The normalized spacial score (nSPS) is 15.0. The van der Waals surface area contributed by atoms with Gasteiger partial charge in [-0.3, -0.25) is 9.59 Å². The number of nitrogens with one attached hydrogen (secondary N) is 2. The van der Waals surface area contributed by atoms with Gasteiger partial charge in [0.25, 0.3) is 11.8 Å². The Morgan fingerprint density at radius 1 is 1.03 bits per heavy atom. The van der Waals surface area contributed by atoms with Crippen molar-refractivity contribution in [2.24, 2.45) is 0 Å². The molecule has 7 nitrogen and oxygen atoms in total. The van der Waals surface area contributed by atoms with Crippen LogP contribution in [0.1, 0.15) is 48.0 Å². The Morgan fingerprint density at radius 3 is 2.64 bits per heavy atom. The molecule has 0 bridgehead atoms. The molecule has 2 aromatic carbocycles. The molecule has 0 aliphatic carbocycles. The van der Waals surface area contributed by atoms with E-state index in [1.807, 2.05) is 42.5 Å². The standard InChI is InChI=1S/C26H35N3O4/c1-32-20-25(30)29-16-9-4-2-3-8-14-27-19-22-18-21(12-13-24(22)29)26(31)28-15-17-33-23-10-6-5-7-11-23/h5-7,10-13,18,27H,2-4,8-9,14-17,19-20H2,1H3,(H,28,31). The molecule has 3 rings (SSSR count). The van der Waals surface area contributed by atoms with Gasteiger partial charge >= 0.3 is 0 Å². The fourth-order valence-corrected chi connectivity index (χ4v) is 3.94. The monoisotopic (exact) mass is 453 g/mol. The van der Waals surface area contributed by atoms with E-state index in [1.54, 1.807) is 11.0 Å². The van der Waals surface area contributed by atoms with Gasteiger partial charge in [0.05, 0.1) is 6.54 Å². The van der Waals surface area contributed by atoms with Crippen molar-refractivity contribution in [1.82, 2.24) is 10.6 Å². The van der Waals surface area contributed by atoms with E-state index in [0.29, 0.717) is 31.8 Å². The summed E-state index contributed by atoms with van der Waals surface area (Å²) in [5.74, 6) is 0.555. The molecule has 2 amide bonds. The molecule has 0 radical (unpaired) electrons. The number of carbonyl (C=O) groups excluding carboxylic acids is 2. The first kappa shape index (κ1) is 24.7. The average Bonchev–Trinajstić information content (AvgIpc) is 2.83. The van der Waals surface area contributed by atoms with Crippen LogP contribution >= 0.6 is 0 Å². The van der Waals surface area contributed by atoms with Gasteiger partial charge in [0, 0.05) is 31.5 Å². The molecule has 1 aliphatic rings. The summed E-state index contributed by atoms with van der Waals surface area (Å²) < 4.78 is 10.8. The number of para-hydroxylation sites is 1. The lowest BCUT2D eigenvalue weighted by molar-refractivity contribution is -0.122. The number of hydrogen-bond acceptors (Lipinski definition) is 5. The van der Waals surface area contributed by atoms with E-state index in [2.05, 4.69) is 10.6 Å². The van der Waals surface area contributed by atoms with Crippen LogP contribution in [0.15, 0.2) is 48.5 Å². The number of fused-ring (bicyclic) bond motifs is 1. The van der Waals surface area contributed by atoms with Gasteiger partial charge in [-0.05, 0) is 55.3 Å². The fraction of sp³-hybridized carbons (Fsp3) is 0.462. The second-order valence-electron chi connectivity index (χ2n) is 8.18. The van der Waals surface area contributed by atoms with Gasteiger partial charge in [0.2, 0.25) is 0 Å². The van der Waals surface area contributed by atoms with Crippen LogP contribution in [0.4, 0.5) is 5.69 Å². The van der Waals surface area contributed by atoms with Crippen molar-refractivity contribution < 1.29 is 19.1 Å². The van der Waals surface area contributed by atoms with Gasteiger partial charge in [0.1, 0.15) is 19.0 Å². The number of benzene rings is 2. The lowest BCUT2D eigenvalue weighted by Gasteiger charge is -2.26. The molecule has 33 heavy (non-hydrogen) atoms. The molecular weight excluding hydrogens is 418 g/mol. The molecule has 1 heterocycles. The number of rotatable bonds is 7. The average molecular weight is 454 g/mol. The first-order valence-corrected chi connectivity index (χ1v) is 11.8. The Morgan fingerprint density at radius 2 is 1.82 bits per heavy atom. The topological polar surface area (TPSA) is 79.9 Å². The zero-order valence-electron chi connectivity index (χ0n) is 19.5. The third-order valence-electron chi connectivity index (χ3n) is 5.65. The highest BCUT2D eigenvalue weighted by molar-refractivity contribution is 5.98. The number of methoxy groups -OCH3 is 1. The third-order valence-corrected chi connectivity index (χ3v) is 5.65. The van der Waals surface area contributed by atoms with Crippen molar-refractivity contribution in [3.8, 4) is 5.75 Å². The molecule has 0 aromatic heterocycles. The molecule has 0 spiro atoms. The molecule has 0 unspecified atom stereocenters. The van der Waals surface area contributed by atoms with Crippen LogP contribution < -0.4 is 20.3 Å². The molecule has 2 aromatic rings. The maximum absolute atomic E-state index is 12.8. The maximum atomic E-state index is 12.8. The van der Waals surface area contributed by atoms with Crippen molar-refractivity contribution in [2.45, 2.75) is 38.6 Å². The highest BCUT2D eigenvalue weighted by atomic mass is 16.5. The SMILES string of the molecule is COCC(=O)N1CCCCCCCNCc2cc(C(=O)NCCOc3ccccc3)ccc21. The van der Waals surface area contributed by atoms with Crippen LogP contribution in [-0.2, 0) is 16.1 Å². The van der Waals surface area contributed by atoms with Crippen molar-refractivity contribution in [2.75, 3.05) is 44.9 Å². The molecule has 2 N–H and O–H groups in total. The third kappa shape index (κ3) is 7.87. The zero-order valence-corrected chi connectivity index (χ0v) is 19.5. The van der Waals surface area contributed by atoms with Crippen LogP contribution in [0.5, 0.6) is 5.75 Å². The van der Waals surface area contributed by atoms with E-state index < -0.39 is 0 Å². The van der Waals surface area contributed by atoms with Crippen molar-refractivity contribution in [3.63, 3.8) is 0 Å². The molecule has 178 valence electrons. The minimum Gasteiger partial charge on any atom is -0.492 e. The van der Waals surface area contributed by atoms with E-state index in [4.69, 9.17) is 9.47 Å². The van der Waals surface area contributed by atoms with Crippen LogP contribution in [-0.4, -0.2) is 51.8 Å². The first-order valence-electron chi connectivity index (χ1n) is 11.8.